The van der Waals surface area contributed by atoms with Crippen LogP contribution in [0.1, 0.15) is 0 Å². The molecule has 0 radical (unpaired) electrons. The van der Waals surface area contributed by atoms with Gasteiger partial charge in [-0.2, -0.15) is 0 Å². The minimum absolute atomic E-state index is 0.252. The highest BCUT2D eigenvalue weighted by atomic mass is 33.1. The third kappa shape index (κ3) is 4.55. The molecule has 0 bridgehead atoms. The van der Waals surface area contributed by atoms with Crippen molar-refractivity contribution in [2.75, 3.05) is 0 Å². The first-order chi connectivity index (χ1) is 2.77. The third-order valence-electron chi connectivity index (χ3n) is 0.119. The van der Waals surface area contributed by atoms with Crippen LogP contribution in [0.5, 0.6) is 0 Å². The van der Waals surface area contributed by atoms with Crippen molar-refractivity contribution >= 4 is 38.4 Å². The van der Waals surface area contributed by atoms with E-state index < -0.39 is 0 Å². The van der Waals surface area contributed by atoms with E-state index in [1.165, 1.54) is 0 Å². The van der Waals surface area contributed by atoms with E-state index in [4.69, 9.17) is 10.3 Å². The number of nitrogens with two attached hydrogens (primary N) is 1. The van der Waals surface area contributed by atoms with Gasteiger partial charge >= 0.3 is 0 Å². The molecule has 5 heteroatoms. The average Bonchev–Trinajstić information content (AvgIpc) is 1.35. The van der Waals surface area contributed by atoms with Gasteiger partial charge in [0.1, 0.15) is 4.32 Å². The Morgan fingerprint density at radius 1 is 1.83 bits per heavy atom. The van der Waals surface area contributed by atoms with Crippen LogP contribution in [0.3, 0.4) is 0 Å². The molecular weight excluding hydrogens is 138 g/mol. The summed E-state index contributed by atoms with van der Waals surface area (Å²) < 4.78 is 8.20. The van der Waals surface area contributed by atoms with E-state index >= 15 is 0 Å². The Morgan fingerprint density at radius 2 is 2.33 bits per heavy atom. The summed E-state index contributed by atoms with van der Waals surface area (Å²) in [6, 6.07) is 0. The fraction of sp³-hybridized carbons (Fsp3) is 0. The van der Waals surface area contributed by atoms with Gasteiger partial charge in [-0.15, -0.1) is 0 Å². The Morgan fingerprint density at radius 3 is 2.33 bits per heavy atom. The summed E-state index contributed by atoms with van der Waals surface area (Å²) in [6.45, 7) is 0. The molecule has 0 unspecified atom stereocenters. The van der Waals surface area contributed by atoms with Gasteiger partial charge in [-0.1, -0.05) is 12.2 Å². The van der Waals surface area contributed by atoms with E-state index in [1.807, 2.05) is 0 Å². The second-order valence-electron chi connectivity index (χ2n) is 0.477. The summed E-state index contributed by atoms with van der Waals surface area (Å²) in [5.41, 5.74) is 4.92. The van der Waals surface area contributed by atoms with Crippen LogP contribution >= 0.6 is 34.1 Å². The lowest BCUT2D eigenvalue weighted by atomic mass is 11.5. The van der Waals surface area contributed by atoms with Crippen molar-refractivity contribution in [3.05, 3.63) is 0 Å². The molecule has 0 fully saturated rings. The SMILES string of the molecule is NC(=S)SSO. The van der Waals surface area contributed by atoms with Crippen LogP contribution in [-0.4, -0.2) is 8.87 Å². The normalized spacial score (nSPS) is 8.17. The van der Waals surface area contributed by atoms with Crippen molar-refractivity contribution in [1.82, 2.24) is 0 Å². The van der Waals surface area contributed by atoms with Crippen LogP contribution in [0.2, 0.25) is 0 Å². The molecule has 0 aromatic carbocycles. The molecule has 3 N–H and O–H groups in total. The quantitative estimate of drug-likeness (QED) is 0.325. The zero-order valence-electron chi connectivity index (χ0n) is 2.75. The topological polar surface area (TPSA) is 46.2 Å². The number of thiocarbonyl (C=S) groups is 1. The first-order valence-corrected chi connectivity index (χ1v) is 3.56. The molecule has 0 aromatic heterocycles. The van der Waals surface area contributed by atoms with Crippen LogP contribution in [0, 0.1) is 0 Å². The lowest BCUT2D eigenvalue weighted by Gasteiger charge is -1.82. The summed E-state index contributed by atoms with van der Waals surface area (Å²) in [5, 5.41) is 0. The maximum atomic E-state index is 7.95. The standard InChI is InChI=1S/CH3NOS3/c2-1(4)5-6-3/h3H,(H2,2,4). The molecule has 0 spiro atoms. The van der Waals surface area contributed by atoms with Crippen LogP contribution < -0.4 is 5.73 Å². The molecule has 0 rings (SSSR count). The zero-order chi connectivity index (χ0) is 4.99. The summed E-state index contributed by atoms with van der Waals surface area (Å²) in [7, 11) is 0.968. The van der Waals surface area contributed by atoms with Gasteiger partial charge in [0.05, 0.1) is 11.1 Å². The monoisotopic (exact) mass is 141 g/mol. The maximum absolute atomic E-state index is 7.95. The lowest BCUT2D eigenvalue weighted by Crippen LogP contribution is -1.98. The van der Waals surface area contributed by atoms with E-state index in [1.54, 1.807) is 0 Å². The Hall–Kier alpha value is 0.550. The maximum Gasteiger partial charge on any atom is 0.143 e. The molecule has 0 atom stereocenters. The van der Waals surface area contributed by atoms with Crippen LogP contribution in [0.15, 0.2) is 0 Å². The predicted molar refractivity (Wildman–Crippen MR) is 34.6 cm³/mol. The van der Waals surface area contributed by atoms with E-state index in [9.17, 15) is 0 Å². The minimum atomic E-state index is 0.252. The summed E-state index contributed by atoms with van der Waals surface area (Å²) in [5.74, 6) is 0. The molecule has 0 aliphatic heterocycles. The molecule has 6 heavy (non-hydrogen) atoms. The Kier molecular flexibility index (Phi) is 4.07. The van der Waals surface area contributed by atoms with Crippen molar-refractivity contribution in [2.45, 2.75) is 0 Å². The van der Waals surface area contributed by atoms with Gasteiger partial charge in [0, 0.05) is 10.8 Å². The van der Waals surface area contributed by atoms with Gasteiger partial charge < -0.3 is 10.3 Å². The number of hydrogen-bond acceptors (Lipinski definition) is 4. The molecule has 0 saturated heterocycles. The Balaban J connectivity index is 2.83. The van der Waals surface area contributed by atoms with Crippen molar-refractivity contribution in [2.24, 2.45) is 5.73 Å². The molecule has 36 valence electrons. The van der Waals surface area contributed by atoms with Crippen molar-refractivity contribution in [3.8, 4) is 0 Å². The van der Waals surface area contributed by atoms with E-state index in [0.717, 1.165) is 10.8 Å². The highest BCUT2D eigenvalue weighted by Crippen LogP contribution is 2.14. The zero-order valence-corrected chi connectivity index (χ0v) is 5.20. The summed E-state index contributed by atoms with van der Waals surface area (Å²) >= 11 is 4.91. The van der Waals surface area contributed by atoms with Gasteiger partial charge in [0.2, 0.25) is 0 Å². The molecule has 0 aliphatic carbocycles. The molecule has 2 nitrogen and oxygen atoms in total. The van der Waals surface area contributed by atoms with Gasteiger partial charge in [-0.3, -0.25) is 0 Å². The third-order valence-corrected chi connectivity index (χ3v) is 1.69. The highest BCUT2D eigenvalue weighted by Gasteiger charge is 1.82. The van der Waals surface area contributed by atoms with Crippen molar-refractivity contribution in [3.63, 3.8) is 0 Å². The predicted octanol–water partition coefficient (Wildman–Crippen LogP) is 1.08. The first kappa shape index (κ1) is 6.55. The van der Waals surface area contributed by atoms with Crippen LogP contribution in [-0.2, 0) is 0 Å². The van der Waals surface area contributed by atoms with Crippen molar-refractivity contribution < 1.29 is 4.55 Å². The smallest absolute Gasteiger partial charge is 0.143 e. The molecule has 0 saturated carbocycles. The van der Waals surface area contributed by atoms with E-state index in [-0.39, 0.29) is 4.32 Å². The molecular formula is CH3NOS3. The number of rotatable bonds is 1. The summed E-state index contributed by atoms with van der Waals surface area (Å²) in [6.07, 6.45) is 0. The molecule has 0 aliphatic rings. The largest absolute Gasteiger partial charge is 0.384 e. The van der Waals surface area contributed by atoms with Gasteiger partial charge in [0.25, 0.3) is 0 Å². The highest BCUT2D eigenvalue weighted by molar-refractivity contribution is 8.81. The van der Waals surface area contributed by atoms with Gasteiger partial charge in [0.15, 0.2) is 0 Å². The van der Waals surface area contributed by atoms with Gasteiger partial charge in [-0.25, -0.2) is 0 Å². The molecule has 0 aromatic rings. The van der Waals surface area contributed by atoms with E-state index in [0.29, 0.717) is 11.1 Å². The molecule has 0 heterocycles. The summed E-state index contributed by atoms with van der Waals surface area (Å²) in [4.78, 5) is 0. The van der Waals surface area contributed by atoms with Crippen LogP contribution in [0.25, 0.3) is 0 Å². The molecule has 0 amide bonds. The van der Waals surface area contributed by atoms with Gasteiger partial charge in [-0.05, 0) is 0 Å². The number of hydrogen-bond donors (Lipinski definition) is 2. The Bertz CT molecular complexity index is 54.8. The van der Waals surface area contributed by atoms with Crippen molar-refractivity contribution in [1.29, 1.82) is 0 Å². The second kappa shape index (κ2) is 3.73. The van der Waals surface area contributed by atoms with E-state index in [2.05, 4.69) is 12.2 Å². The fourth-order valence-electron chi connectivity index (χ4n) is 0.0367. The average molecular weight is 141 g/mol. The fourth-order valence-corrected chi connectivity index (χ4v) is 0.604. The van der Waals surface area contributed by atoms with Crippen LogP contribution in [0.4, 0.5) is 0 Å². The Labute approximate surface area is 49.1 Å². The first-order valence-electron chi connectivity index (χ1n) is 1.05. The minimum Gasteiger partial charge on any atom is -0.384 e. The second-order valence-corrected chi connectivity index (χ2v) is 2.88. The lowest BCUT2D eigenvalue weighted by molar-refractivity contribution is 0.676.